The van der Waals surface area contributed by atoms with Crippen LogP contribution in [0.5, 0.6) is 0 Å². The van der Waals surface area contributed by atoms with Crippen molar-refractivity contribution < 1.29 is 4.39 Å². The third-order valence-electron chi connectivity index (χ3n) is 6.22. The fourth-order valence-electron chi connectivity index (χ4n) is 5.33. The summed E-state index contributed by atoms with van der Waals surface area (Å²) in [4.78, 5) is 21.5. The summed E-state index contributed by atoms with van der Waals surface area (Å²) in [6, 6.07) is 1.83. The third-order valence-corrected chi connectivity index (χ3v) is 7.22. The Morgan fingerprint density at radius 3 is 2.58 bits per heavy atom. The Labute approximate surface area is 197 Å². The van der Waals surface area contributed by atoms with Gasteiger partial charge in [0.2, 0.25) is 0 Å². The number of anilines is 1. The van der Waals surface area contributed by atoms with Gasteiger partial charge in [-0.25, -0.2) is 24.3 Å². The van der Waals surface area contributed by atoms with Crippen molar-refractivity contribution in [2.75, 3.05) is 11.4 Å². The molecule has 0 radical (unpaired) electrons. The number of nitrogens with zero attached hydrogens (tertiary/aromatic N) is 6. The van der Waals surface area contributed by atoms with E-state index in [1.165, 1.54) is 6.07 Å². The van der Waals surface area contributed by atoms with Crippen LogP contribution in [-0.2, 0) is 0 Å². The monoisotopic (exact) mass is 467 g/mol. The molecule has 1 saturated heterocycles. The molecule has 1 fully saturated rings. The standard InChI is InChI=1S/C24H30FN7S/c1-7-32(16-9-23(3,4)30-24(5,6)10-16)22-28-18-11-26-19(29-21(18)33-22)15-8-17(25)20-27-14(2)12-31(20)13-15/h8,11-13,16,30H,7,9-10H2,1-6H3. The summed E-state index contributed by atoms with van der Waals surface area (Å²) < 4.78 is 16.3. The lowest BCUT2D eigenvalue weighted by molar-refractivity contribution is 0.159. The SMILES string of the molecule is CCN(c1nc2cnc(-c3cc(F)c4nc(C)cn4c3)nc2s1)C1CC(C)(C)NC(C)(C)C1. The first-order valence-corrected chi connectivity index (χ1v) is 12.2. The molecule has 5 rings (SSSR count). The van der Waals surface area contributed by atoms with Crippen LogP contribution in [0.25, 0.3) is 27.4 Å². The summed E-state index contributed by atoms with van der Waals surface area (Å²) in [5.74, 6) is 0.0969. The number of pyridine rings is 1. The number of aryl methyl sites for hydroxylation is 1. The smallest absolute Gasteiger partial charge is 0.188 e. The van der Waals surface area contributed by atoms with E-state index in [1.807, 2.05) is 13.1 Å². The van der Waals surface area contributed by atoms with Crippen molar-refractivity contribution in [2.24, 2.45) is 0 Å². The Balaban J connectivity index is 1.50. The molecule has 1 aliphatic heterocycles. The largest absolute Gasteiger partial charge is 0.345 e. The predicted molar refractivity (Wildman–Crippen MR) is 131 cm³/mol. The topological polar surface area (TPSA) is 71.2 Å². The first-order chi connectivity index (χ1) is 15.5. The highest BCUT2D eigenvalue weighted by molar-refractivity contribution is 7.21. The first-order valence-electron chi connectivity index (χ1n) is 11.4. The highest BCUT2D eigenvalue weighted by atomic mass is 32.1. The van der Waals surface area contributed by atoms with Crippen molar-refractivity contribution in [3.05, 3.63) is 36.2 Å². The van der Waals surface area contributed by atoms with Crippen LogP contribution in [0.15, 0.2) is 24.7 Å². The molecule has 174 valence electrons. The molecule has 0 aliphatic carbocycles. The first kappa shape index (κ1) is 22.2. The van der Waals surface area contributed by atoms with Gasteiger partial charge in [-0.3, -0.25) is 0 Å². The average molecular weight is 468 g/mol. The minimum atomic E-state index is -0.386. The molecule has 33 heavy (non-hydrogen) atoms. The summed E-state index contributed by atoms with van der Waals surface area (Å²) in [7, 11) is 0. The summed E-state index contributed by atoms with van der Waals surface area (Å²) >= 11 is 1.58. The highest BCUT2D eigenvalue weighted by Crippen LogP contribution is 2.36. The van der Waals surface area contributed by atoms with Crippen molar-refractivity contribution in [3.8, 4) is 11.4 Å². The van der Waals surface area contributed by atoms with E-state index in [4.69, 9.17) is 9.97 Å². The number of fused-ring (bicyclic) bond motifs is 2. The second kappa shape index (κ2) is 7.70. The lowest BCUT2D eigenvalue weighted by Gasteiger charge is -2.49. The number of hydrogen-bond donors (Lipinski definition) is 1. The number of imidazole rings is 1. The van der Waals surface area contributed by atoms with E-state index in [0.717, 1.165) is 40.6 Å². The highest BCUT2D eigenvalue weighted by Gasteiger charge is 2.40. The van der Waals surface area contributed by atoms with Crippen LogP contribution in [0.2, 0.25) is 0 Å². The van der Waals surface area contributed by atoms with Crippen LogP contribution in [0, 0.1) is 12.7 Å². The van der Waals surface area contributed by atoms with E-state index in [0.29, 0.717) is 23.1 Å². The molecular formula is C24H30FN7S. The average Bonchev–Trinajstić information content (AvgIpc) is 3.28. The number of piperidine rings is 1. The minimum Gasteiger partial charge on any atom is -0.345 e. The van der Waals surface area contributed by atoms with Crippen LogP contribution < -0.4 is 10.2 Å². The number of aromatic nitrogens is 5. The van der Waals surface area contributed by atoms with Crippen molar-refractivity contribution >= 4 is 32.5 Å². The Bertz CT molecular complexity index is 1320. The Kier molecular flexibility index (Phi) is 5.17. The van der Waals surface area contributed by atoms with Gasteiger partial charge < -0.3 is 14.6 Å². The van der Waals surface area contributed by atoms with E-state index in [1.54, 1.807) is 28.1 Å². The van der Waals surface area contributed by atoms with Crippen molar-refractivity contribution in [2.45, 2.75) is 71.5 Å². The Hall–Kier alpha value is -2.65. The van der Waals surface area contributed by atoms with E-state index < -0.39 is 0 Å². The van der Waals surface area contributed by atoms with Crippen LogP contribution >= 0.6 is 11.3 Å². The van der Waals surface area contributed by atoms with Gasteiger partial charge in [0.05, 0.1) is 11.9 Å². The molecule has 0 amide bonds. The fraction of sp³-hybridized carbons (Fsp3) is 0.500. The van der Waals surface area contributed by atoms with Crippen molar-refractivity contribution in [1.29, 1.82) is 0 Å². The van der Waals surface area contributed by atoms with Gasteiger partial charge in [-0.1, -0.05) is 11.3 Å². The molecule has 9 heteroatoms. The molecular weight excluding hydrogens is 437 g/mol. The maximum absolute atomic E-state index is 14.6. The lowest BCUT2D eigenvalue weighted by atomic mass is 9.79. The number of halogens is 1. The number of nitrogens with one attached hydrogen (secondary N) is 1. The second-order valence-electron chi connectivity index (χ2n) is 10.3. The zero-order chi connectivity index (χ0) is 23.5. The normalized spacial score (nSPS) is 18.3. The molecule has 0 spiro atoms. The summed E-state index contributed by atoms with van der Waals surface area (Å²) in [6.07, 6.45) is 7.44. The van der Waals surface area contributed by atoms with Crippen molar-refractivity contribution in [3.63, 3.8) is 0 Å². The van der Waals surface area contributed by atoms with Gasteiger partial charge in [0, 0.05) is 41.6 Å². The molecule has 0 saturated carbocycles. The van der Waals surface area contributed by atoms with Crippen LogP contribution in [-0.4, -0.2) is 48.0 Å². The quantitative estimate of drug-likeness (QED) is 0.456. The molecule has 1 aliphatic rings. The number of thiazole rings is 1. The predicted octanol–water partition coefficient (Wildman–Crippen LogP) is 4.98. The molecule has 0 bridgehead atoms. The van der Waals surface area contributed by atoms with Crippen LogP contribution in [0.1, 0.15) is 53.2 Å². The fourth-order valence-corrected chi connectivity index (χ4v) is 6.37. The van der Waals surface area contributed by atoms with Gasteiger partial charge in [0.25, 0.3) is 0 Å². The van der Waals surface area contributed by atoms with Crippen LogP contribution in [0.3, 0.4) is 0 Å². The van der Waals surface area contributed by atoms with Gasteiger partial charge in [0.15, 0.2) is 22.4 Å². The van der Waals surface area contributed by atoms with Crippen molar-refractivity contribution in [1.82, 2.24) is 29.7 Å². The molecule has 5 heterocycles. The van der Waals surface area contributed by atoms with Crippen LogP contribution in [0.4, 0.5) is 9.52 Å². The Morgan fingerprint density at radius 1 is 1.15 bits per heavy atom. The van der Waals surface area contributed by atoms with Gasteiger partial charge in [-0.15, -0.1) is 0 Å². The minimum absolute atomic E-state index is 0.0535. The van der Waals surface area contributed by atoms with Gasteiger partial charge in [-0.2, -0.15) is 0 Å². The van der Waals surface area contributed by atoms with E-state index >= 15 is 0 Å². The molecule has 1 N–H and O–H groups in total. The zero-order valence-electron chi connectivity index (χ0n) is 20.0. The summed E-state index contributed by atoms with van der Waals surface area (Å²) in [5.41, 5.74) is 2.56. The molecule has 0 aromatic carbocycles. The molecule has 4 aromatic rings. The van der Waals surface area contributed by atoms with Gasteiger partial charge >= 0.3 is 0 Å². The summed E-state index contributed by atoms with van der Waals surface area (Å²) in [5, 5.41) is 4.72. The number of hydrogen-bond acceptors (Lipinski definition) is 7. The Morgan fingerprint density at radius 2 is 1.88 bits per heavy atom. The third kappa shape index (κ3) is 4.19. The maximum atomic E-state index is 14.6. The molecule has 7 nitrogen and oxygen atoms in total. The lowest BCUT2D eigenvalue weighted by Crippen LogP contribution is -2.62. The number of rotatable bonds is 4. The zero-order valence-corrected chi connectivity index (χ0v) is 20.8. The van der Waals surface area contributed by atoms with Gasteiger partial charge in [0.1, 0.15) is 10.3 Å². The molecule has 0 unspecified atom stereocenters. The van der Waals surface area contributed by atoms with Gasteiger partial charge in [-0.05, 0) is 60.5 Å². The molecule has 4 aromatic heterocycles. The second-order valence-corrected chi connectivity index (χ2v) is 11.3. The van der Waals surface area contributed by atoms with E-state index in [-0.39, 0.29) is 16.9 Å². The summed E-state index contributed by atoms with van der Waals surface area (Å²) in [6.45, 7) is 14.0. The van der Waals surface area contributed by atoms with E-state index in [2.05, 4.69) is 54.8 Å². The maximum Gasteiger partial charge on any atom is 0.188 e. The molecule has 0 atom stereocenters. The van der Waals surface area contributed by atoms with E-state index in [9.17, 15) is 4.39 Å².